The average Bonchev–Trinajstić information content (AvgIpc) is 2.70. The molecule has 26 heavy (non-hydrogen) atoms. The van der Waals surface area contributed by atoms with Crippen molar-refractivity contribution in [1.82, 2.24) is 0 Å². The molecule has 0 aliphatic rings. The molecule has 140 valence electrons. The van der Waals surface area contributed by atoms with Gasteiger partial charge >= 0.3 is 5.97 Å². The summed E-state index contributed by atoms with van der Waals surface area (Å²) in [5.41, 5.74) is 2.41. The van der Waals surface area contributed by atoms with Crippen LogP contribution in [0.2, 0.25) is 0 Å². The van der Waals surface area contributed by atoms with E-state index in [1.54, 1.807) is 0 Å². The summed E-state index contributed by atoms with van der Waals surface area (Å²) in [7, 11) is 0. The van der Waals surface area contributed by atoms with Gasteiger partial charge in [-0.15, -0.1) is 0 Å². The van der Waals surface area contributed by atoms with Crippen LogP contribution in [0.1, 0.15) is 46.0 Å². The lowest BCUT2D eigenvalue weighted by Crippen LogP contribution is -2.14. The van der Waals surface area contributed by atoms with E-state index in [1.807, 2.05) is 44.2 Å². The van der Waals surface area contributed by atoms with Gasteiger partial charge in [-0.3, -0.25) is 4.79 Å². The van der Waals surface area contributed by atoms with Crippen LogP contribution in [0.25, 0.3) is 11.1 Å². The van der Waals surface area contributed by atoms with Crippen LogP contribution in [0.5, 0.6) is 5.75 Å². The fourth-order valence-corrected chi connectivity index (χ4v) is 2.60. The number of unbranched alkanes of at least 4 members (excludes halogenated alkanes) is 3. The molecular formula is C23H30O3. The normalized spacial score (nSPS) is 11.8. The molecule has 1 unspecified atom stereocenters. The summed E-state index contributed by atoms with van der Waals surface area (Å²) in [6.07, 6.45) is 4.92. The number of benzene rings is 2. The third kappa shape index (κ3) is 6.91. The van der Waals surface area contributed by atoms with Crippen molar-refractivity contribution >= 4 is 5.97 Å². The molecule has 0 N–H and O–H groups in total. The number of ether oxygens (including phenoxy) is 2. The molecule has 0 heterocycles. The second kappa shape index (κ2) is 11.3. The fraction of sp³-hybridized carbons (Fsp3) is 0.435. The lowest BCUT2D eigenvalue weighted by molar-refractivity contribution is -0.148. The van der Waals surface area contributed by atoms with Gasteiger partial charge in [-0.25, -0.2) is 0 Å². The molecule has 1 atom stereocenters. The molecule has 3 nitrogen and oxygen atoms in total. The first-order valence-electron chi connectivity index (χ1n) is 9.65. The number of hydrogen-bond donors (Lipinski definition) is 0. The zero-order valence-corrected chi connectivity index (χ0v) is 15.9. The lowest BCUT2D eigenvalue weighted by atomic mass is 10.1. The fourth-order valence-electron chi connectivity index (χ4n) is 2.60. The molecule has 0 saturated heterocycles. The summed E-state index contributed by atoms with van der Waals surface area (Å²) in [6.45, 7) is 5.16. The first-order valence-corrected chi connectivity index (χ1v) is 9.65. The van der Waals surface area contributed by atoms with Crippen molar-refractivity contribution in [3.8, 4) is 16.9 Å². The quantitative estimate of drug-likeness (QED) is 0.373. The Morgan fingerprint density at radius 1 is 0.846 bits per heavy atom. The van der Waals surface area contributed by atoms with E-state index in [4.69, 9.17) is 9.47 Å². The van der Waals surface area contributed by atoms with Crippen LogP contribution in [-0.2, 0) is 9.53 Å². The molecule has 2 aromatic rings. The van der Waals surface area contributed by atoms with Gasteiger partial charge < -0.3 is 9.47 Å². The van der Waals surface area contributed by atoms with E-state index in [9.17, 15) is 4.79 Å². The molecule has 0 saturated carbocycles. The second-order valence-electron chi connectivity index (χ2n) is 6.63. The van der Waals surface area contributed by atoms with Crippen LogP contribution in [-0.4, -0.2) is 19.2 Å². The minimum Gasteiger partial charge on any atom is -0.494 e. The molecular weight excluding hydrogens is 324 g/mol. The van der Waals surface area contributed by atoms with E-state index in [1.165, 1.54) is 11.1 Å². The van der Waals surface area contributed by atoms with Gasteiger partial charge in [0.25, 0.3) is 0 Å². The average molecular weight is 354 g/mol. The second-order valence-corrected chi connectivity index (χ2v) is 6.63. The summed E-state index contributed by atoms with van der Waals surface area (Å²) in [5, 5.41) is 0. The Hall–Kier alpha value is -2.29. The first kappa shape index (κ1) is 20.0. The van der Waals surface area contributed by atoms with Crippen LogP contribution in [0, 0.1) is 5.92 Å². The highest BCUT2D eigenvalue weighted by Crippen LogP contribution is 2.22. The first-order chi connectivity index (χ1) is 12.7. The van der Waals surface area contributed by atoms with Gasteiger partial charge in [0.05, 0.1) is 19.1 Å². The zero-order chi connectivity index (χ0) is 18.6. The molecule has 0 amide bonds. The van der Waals surface area contributed by atoms with E-state index in [2.05, 4.69) is 24.3 Å². The minimum atomic E-state index is -0.0743. The van der Waals surface area contributed by atoms with Gasteiger partial charge in [0.15, 0.2) is 0 Å². The van der Waals surface area contributed by atoms with E-state index >= 15 is 0 Å². The molecule has 2 rings (SSSR count). The van der Waals surface area contributed by atoms with Crippen LogP contribution in [0.4, 0.5) is 0 Å². The van der Waals surface area contributed by atoms with E-state index < -0.39 is 0 Å². The van der Waals surface area contributed by atoms with Crippen molar-refractivity contribution in [3.05, 3.63) is 54.6 Å². The number of carbonyl (C=O) groups is 1. The van der Waals surface area contributed by atoms with Crippen LogP contribution in [0.3, 0.4) is 0 Å². The van der Waals surface area contributed by atoms with Crippen LogP contribution in [0.15, 0.2) is 54.6 Å². The molecule has 0 aliphatic heterocycles. The Bertz CT molecular complexity index is 634. The van der Waals surface area contributed by atoms with Crippen molar-refractivity contribution in [2.24, 2.45) is 5.92 Å². The third-order valence-electron chi connectivity index (χ3n) is 4.53. The predicted molar refractivity (Wildman–Crippen MR) is 106 cm³/mol. The van der Waals surface area contributed by atoms with E-state index in [0.717, 1.165) is 44.5 Å². The monoisotopic (exact) mass is 354 g/mol. The standard InChI is InChI=1S/C23H30O3/c1-3-19(2)23(24)26-18-10-5-4-9-17-25-22-15-13-21(14-16-22)20-11-7-6-8-12-20/h6-8,11-16,19H,3-5,9-10,17-18H2,1-2H3. The summed E-state index contributed by atoms with van der Waals surface area (Å²) in [5.74, 6) is 0.846. The summed E-state index contributed by atoms with van der Waals surface area (Å²) in [6, 6.07) is 18.6. The summed E-state index contributed by atoms with van der Waals surface area (Å²) in [4.78, 5) is 11.5. The third-order valence-corrected chi connectivity index (χ3v) is 4.53. The highest BCUT2D eigenvalue weighted by Gasteiger charge is 2.10. The Kier molecular flexibility index (Phi) is 8.74. The maximum atomic E-state index is 11.5. The van der Waals surface area contributed by atoms with Gasteiger partial charge in [-0.1, -0.05) is 56.3 Å². The maximum Gasteiger partial charge on any atom is 0.308 e. The lowest BCUT2D eigenvalue weighted by Gasteiger charge is -2.09. The minimum absolute atomic E-state index is 0.0108. The number of rotatable bonds is 11. The zero-order valence-electron chi connectivity index (χ0n) is 15.9. The molecule has 0 radical (unpaired) electrons. The van der Waals surface area contributed by atoms with Crippen LogP contribution < -0.4 is 4.74 Å². The van der Waals surface area contributed by atoms with Gasteiger partial charge in [-0.2, -0.15) is 0 Å². The molecule has 0 bridgehead atoms. The molecule has 3 heteroatoms. The molecule has 0 spiro atoms. The Morgan fingerprint density at radius 2 is 1.46 bits per heavy atom. The van der Waals surface area contributed by atoms with Crippen LogP contribution >= 0.6 is 0 Å². The highest BCUT2D eigenvalue weighted by molar-refractivity contribution is 5.71. The van der Waals surface area contributed by atoms with Crippen molar-refractivity contribution in [2.75, 3.05) is 13.2 Å². The van der Waals surface area contributed by atoms with Crippen molar-refractivity contribution in [2.45, 2.75) is 46.0 Å². The van der Waals surface area contributed by atoms with Crippen molar-refractivity contribution in [3.63, 3.8) is 0 Å². The van der Waals surface area contributed by atoms with E-state index in [0.29, 0.717) is 6.61 Å². The van der Waals surface area contributed by atoms with Gasteiger partial charge in [-0.05, 0) is 55.4 Å². The summed E-state index contributed by atoms with van der Waals surface area (Å²) < 4.78 is 11.1. The molecule has 2 aromatic carbocycles. The maximum absolute atomic E-state index is 11.5. The summed E-state index contributed by atoms with van der Waals surface area (Å²) >= 11 is 0. The highest BCUT2D eigenvalue weighted by atomic mass is 16.5. The number of esters is 1. The number of hydrogen-bond acceptors (Lipinski definition) is 3. The Labute approximate surface area is 157 Å². The van der Waals surface area contributed by atoms with Gasteiger partial charge in [0.2, 0.25) is 0 Å². The van der Waals surface area contributed by atoms with Crippen molar-refractivity contribution < 1.29 is 14.3 Å². The molecule has 0 aromatic heterocycles. The SMILES string of the molecule is CCC(C)C(=O)OCCCCCCOc1ccc(-c2ccccc2)cc1. The molecule has 0 aliphatic carbocycles. The Morgan fingerprint density at radius 3 is 2.12 bits per heavy atom. The van der Waals surface area contributed by atoms with Gasteiger partial charge in [0, 0.05) is 0 Å². The van der Waals surface area contributed by atoms with Crippen molar-refractivity contribution in [1.29, 1.82) is 0 Å². The van der Waals surface area contributed by atoms with E-state index in [-0.39, 0.29) is 11.9 Å². The largest absolute Gasteiger partial charge is 0.494 e. The number of carbonyl (C=O) groups excluding carboxylic acids is 1. The predicted octanol–water partition coefficient (Wildman–Crippen LogP) is 5.88. The smallest absolute Gasteiger partial charge is 0.308 e. The Balaban J connectivity index is 1.55. The molecule has 0 fully saturated rings. The van der Waals surface area contributed by atoms with Gasteiger partial charge in [0.1, 0.15) is 5.75 Å². The topological polar surface area (TPSA) is 35.5 Å².